The summed E-state index contributed by atoms with van der Waals surface area (Å²) in [4.78, 5) is 0. The van der Waals surface area contributed by atoms with Crippen molar-refractivity contribution in [2.24, 2.45) is 0 Å². The van der Waals surface area contributed by atoms with Crippen molar-refractivity contribution in [1.29, 1.82) is 0 Å². The van der Waals surface area contributed by atoms with Crippen LogP contribution in [0.5, 0.6) is 11.5 Å². The van der Waals surface area contributed by atoms with Crippen LogP contribution >= 0.6 is 22.9 Å². The fourth-order valence-electron chi connectivity index (χ4n) is 2.63. The number of methoxy groups -OCH3 is 2. The average Bonchev–Trinajstić information content (AvgIpc) is 3.00. The molecule has 3 rings (SSSR count). The predicted molar refractivity (Wildman–Crippen MR) is 90.2 cm³/mol. The van der Waals surface area contributed by atoms with E-state index in [0.29, 0.717) is 35.3 Å². The molecule has 2 heterocycles. The number of hydrogen-bond donors (Lipinski definition) is 0. The minimum atomic E-state index is -3.52. The van der Waals surface area contributed by atoms with Crippen molar-refractivity contribution in [3.05, 3.63) is 39.7 Å². The Morgan fingerprint density at radius 2 is 1.78 bits per heavy atom. The van der Waals surface area contributed by atoms with Crippen LogP contribution < -0.4 is 9.47 Å². The SMILES string of the molecule is COc1cc2c(cc1OC)CN(S(=O)(=O)c1ccc(Cl)s1)CC2. The van der Waals surface area contributed by atoms with Crippen LogP contribution in [0, 0.1) is 0 Å². The highest BCUT2D eigenvalue weighted by molar-refractivity contribution is 7.91. The maximum Gasteiger partial charge on any atom is 0.252 e. The number of halogens is 1. The molecule has 1 aromatic heterocycles. The summed E-state index contributed by atoms with van der Waals surface area (Å²) in [5, 5.41) is 0. The largest absolute Gasteiger partial charge is 0.493 e. The van der Waals surface area contributed by atoms with E-state index in [2.05, 4.69) is 0 Å². The Labute approximate surface area is 144 Å². The number of ether oxygens (including phenoxy) is 2. The van der Waals surface area contributed by atoms with Gasteiger partial charge in [0.1, 0.15) is 4.21 Å². The van der Waals surface area contributed by atoms with E-state index in [-0.39, 0.29) is 4.21 Å². The summed E-state index contributed by atoms with van der Waals surface area (Å²) in [6.07, 6.45) is 0.633. The molecule has 0 radical (unpaired) electrons. The van der Waals surface area contributed by atoms with Gasteiger partial charge in [-0.05, 0) is 41.8 Å². The van der Waals surface area contributed by atoms with Gasteiger partial charge in [-0.2, -0.15) is 4.31 Å². The van der Waals surface area contributed by atoms with Gasteiger partial charge < -0.3 is 9.47 Å². The number of rotatable bonds is 4. The first-order valence-corrected chi connectivity index (χ1v) is 9.58. The molecule has 0 unspecified atom stereocenters. The number of fused-ring (bicyclic) bond motifs is 1. The lowest BCUT2D eigenvalue weighted by atomic mass is 10.0. The third kappa shape index (κ3) is 3.06. The number of thiophene rings is 1. The van der Waals surface area contributed by atoms with Crippen LogP contribution in [0.25, 0.3) is 0 Å². The highest BCUT2D eigenvalue weighted by atomic mass is 35.5. The molecular weight excluding hydrogens is 358 g/mol. The van der Waals surface area contributed by atoms with Gasteiger partial charge in [-0.1, -0.05) is 11.6 Å². The second kappa shape index (κ2) is 6.32. The zero-order valence-corrected chi connectivity index (χ0v) is 15.1. The van der Waals surface area contributed by atoms with Crippen LogP contribution in [0.4, 0.5) is 0 Å². The topological polar surface area (TPSA) is 55.8 Å². The molecule has 0 atom stereocenters. The Morgan fingerprint density at radius 1 is 1.13 bits per heavy atom. The van der Waals surface area contributed by atoms with Gasteiger partial charge >= 0.3 is 0 Å². The molecule has 0 fully saturated rings. The molecule has 1 aliphatic rings. The van der Waals surface area contributed by atoms with Crippen LogP contribution in [0.3, 0.4) is 0 Å². The Balaban J connectivity index is 1.93. The Kier molecular flexibility index (Phi) is 4.55. The summed E-state index contributed by atoms with van der Waals surface area (Å²) in [6.45, 7) is 0.744. The smallest absolute Gasteiger partial charge is 0.252 e. The summed E-state index contributed by atoms with van der Waals surface area (Å²) >= 11 is 6.94. The minimum Gasteiger partial charge on any atom is -0.493 e. The maximum absolute atomic E-state index is 12.7. The van der Waals surface area contributed by atoms with E-state index >= 15 is 0 Å². The highest BCUT2D eigenvalue weighted by Crippen LogP contribution is 2.35. The molecule has 2 aromatic rings. The lowest BCUT2D eigenvalue weighted by molar-refractivity contribution is 0.348. The normalized spacial score (nSPS) is 15.3. The summed E-state index contributed by atoms with van der Waals surface area (Å²) in [5.74, 6) is 1.26. The third-order valence-corrected chi connectivity index (χ3v) is 7.37. The zero-order chi connectivity index (χ0) is 16.6. The van der Waals surface area contributed by atoms with Gasteiger partial charge in [0.25, 0.3) is 10.0 Å². The quantitative estimate of drug-likeness (QED) is 0.826. The molecule has 0 saturated carbocycles. The van der Waals surface area contributed by atoms with Gasteiger partial charge in [0.2, 0.25) is 0 Å². The molecule has 23 heavy (non-hydrogen) atoms. The van der Waals surface area contributed by atoms with E-state index < -0.39 is 10.0 Å². The molecule has 0 spiro atoms. The molecule has 0 N–H and O–H groups in total. The lowest BCUT2D eigenvalue weighted by Crippen LogP contribution is -2.35. The molecular formula is C15H16ClNO4S2. The van der Waals surface area contributed by atoms with Gasteiger partial charge in [-0.25, -0.2) is 8.42 Å². The van der Waals surface area contributed by atoms with Crippen LogP contribution in [-0.2, 0) is 23.0 Å². The van der Waals surface area contributed by atoms with Crippen molar-refractivity contribution >= 4 is 33.0 Å². The summed E-state index contributed by atoms with van der Waals surface area (Å²) in [7, 11) is -0.371. The Bertz CT molecular complexity index is 832. The van der Waals surface area contributed by atoms with E-state index in [0.717, 1.165) is 22.5 Å². The fourth-order valence-corrected chi connectivity index (χ4v) is 5.68. The average molecular weight is 374 g/mol. The van der Waals surface area contributed by atoms with Crippen LogP contribution in [-0.4, -0.2) is 33.5 Å². The Morgan fingerprint density at radius 3 is 2.35 bits per heavy atom. The second-order valence-corrected chi connectivity index (χ2v) is 9.00. The molecule has 0 aliphatic carbocycles. The molecule has 1 aromatic carbocycles. The standard InChI is InChI=1S/C15H16ClNO4S2/c1-20-12-7-10-5-6-17(9-11(10)8-13(12)21-2)23(18,19)15-4-3-14(16)22-15/h3-4,7-8H,5-6,9H2,1-2H3. The van der Waals surface area contributed by atoms with Gasteiger partial charge in [-0.3, -0.25) is 0 Å². The molecule has 1 aliphatic heterocycles. The summed E-state index contributed by atoms with van der Waals surface area (Å²) < 4.78 is 38.2. The summed E-state index contributed by atoms with van der Waals surface area (Å²) in [5.41, 5.74) is 2.01. The first kappa shape index (κ1) is 16.6. The number of nitrogens with zero attached hydrogens (tertiary/aromatic N) is 1. The van der Waals surface area contributed by atoms with E-state index in [9.17, 15) is 8.42 Å². The summed E-state index contributed by atoms with van der Waals surface area (Å²) in [6, 6.07) is 6.91. The van der Waals surface area contributed by atoms with Crippen LogP contribution in [0.2, 0.25) is 4.34 Å². The van der Waals surface area contributed by atoms with Gasteiger partial charge in [0, 0.05) is 13.1 Å². The van der Waals surface area contributed by atoms with E-state index in [1.165, 1.54) is 4.31 Å². The predicted octanol–water partition coefficient (Wildman–Crippen LogP) is 3.17. The van der Waals surface area contributed by atoms with Gasteiger partial charge in [0.05, 0.1) is 18.6 Å². The highest BCUT2D eigenvalue weighted by Gasteiger charge is 2.30. The molecule has 5 nitrogen and oxygen atoms in total. The first-order chi connectivity index (χ1) is 11.0. The van der Waals surface area contributed by atoms with Gasteiger partial charge in [-0.15, -0.1) is 11.3 Å². The molecule has 8 heteroatoms. The van der Waals surface area contributed by atoms with Gasteiger partial charge in [0.15, 0.2) is 11.5 Å². The fraction of sp³-hybridized carbons (Fsp3) is 0.333. The lowest BCUT2D eigenvalue weighted by Gasteiger charge is -2.28. The molecule has 0 amide bonds. The zero-order valence-electron chi connectivity index (χ0n) is 12.7. The van der Waals surface area contributed by atoms with Crippen molar-refractivity contribution in [2.45, 2.75) is 17.2 Å². The minimum absolute atomic E-state index is 0.270. The molecule has 0 saturated heterocycles. The Hall–Kier alpha value is -1.28. The third-order valence-electron chi connectivity index (χ3n) is 3.83. The van der Waals surface area contributed by atoms with Crippen LogP contribution in [0.1, 0.15) is 11.1 Å². The van der Waals surface area contributed by atoms with E-state index in [1.807, 2.05) is 12.1 Å². The number of benzene rings is 1. The first-order valence-electron chi connectivity index (χ1n) is 6.95. The monoisotopic (exact) mass is 373 g/mol. The van der Waals surface area contributed by atoms with Crippen molar-refractivity contribution in [1.82, 2.24) is 4.31 Å². The molecule has 0 bridgehead atoms. The molecule has 124 valence electrons. The maximum atomic E-state index is 12.7. The van der Waals surface area contributed by atoms with E-state index in [4.69, 9.17) is 21.1 Å². The number of sulfonamides is 1. The van der Waals surface area contributed by atoms with Crippen molar-refractivity contribution in [2.75, 3.05) is 20.8 Å². The second-order valence-electron chi connectivity index (χ2n) is 5.12. The van der Waals surface area contributed by atoms with Crippen molar-refractivity contribution in [3.63, 3.8) is 0 Å². The van der Waals surface area contributed by atoms with E-state index in [1.54, 1.807) is 26.4 Å². The number of hydrogen-bond acceptors (Lipinski definition) is 5. The van der Waals surface area contributed by atoms with Crippen LogP contribution in [0.15, 0.2) is 28.5 Å². The van der Waals surface area contributed by atoms with Crippen molar-refractivity contribution < 1.29 is 17.9 Å². The van der Waals surface area contributed by atoms with Crippen molar-refractivity contribution in [3.8, 4) is 11.5 Å².